The maximum Gasteiger partial charge on any atom is 0.348 e. The molecule has 0 atom stereocenters. The van der Waals surface area contributed by atoms with Gasteiger partial charge in [0.1, 0.15) is 23.0 Å². The standard InChI is InChI=1S/C25H18FN3O2S/c1-16-11-14-32-24(16)25(30)31-15-20-3-2-4-21-22(17-9-12-27-13-10-17)23(28-29(20)21)18-5-7-19(26)8-6-18/h2-14H,15H2,1H3. The van der Waals surface area contributed by atoms with Crippen LogP contribution in [0.5, 0.6) is 0 Å². The number of pyridine rings is 2. The average molecular weight is 444 g/mol. The number of hydrogen-bond acceptors (Lipinski definition) is 5. The van der Waals surface area contributed by atoms with Crippen molar-refractivity contribution in [2.24, 2.45) is 0 Å². The quantitative estimate of drug-likeness (QED) is 0.316. The molecular formula is C25H18FN3O2S. The van der Waals surface area contributed by atoms with Crippen LogP contribution >= 0.6 is 11.3 Å². The number of thiophene rings is 1. The zero-order chi connectivity index (χ0) is 22.1. The van der Waals surface area contributed by atoms with Crippen LogP contribution in [0.1, 0.15) is 20.9 Å². The molecule has 4 aromatic heterocycles. The lowest BCUT2D eigenvalue weighted by Crippen LogP contribution is -2.08. The van der Waals surface area contributed by atoms with Crippen molar-refractivity contribution < 1.29 is 13.9 Å². The van der Waals surface area contributed by atoms with Gasteiger partial charge in [-0.25, -0.2) is 13.7 Å². The van der Waals surface area contributed by atoms with Crippen molar-refractivity contribution in [2.45, 2.75) is 13.5 Å². The summed E-state index contributed by atoms with van der Waals surface area (Å²) in [6.07, 6.45) is 3.45. The van der Waals surface area contributed by atoms with Crippen LogP contribution in [-0.4, -0.2) is 20.6 Å². The Bertz CT molecular complexity index is 1410. The first-order valence-corrected chi connectivity index (χ1v) is 10.9. The van der Waals surface area contributed by atoms with Gasteiger partial charge < -0.3 is 4.74 Å². The summed E-state index contributed by atoms with van der Waals surface area (Å²) < 4.78 is 20.9. The van der Waals surface area contributed by atoms with E-state index >= 15 is 0 Å². The number of aromatic nitrogens is 3. The average Bonchev–Trinajstić information content (AvgIpc) is 3.42. The molecule has 0 unspecified atom stereocenters. The summed E-state index contributed by atoms with van der Waals surface area (Å²) in [6, 6.07) is 17.7. The van der Waals surface area contributed by atoms with Crippen molar-refractivity contribution in [3.8, 4) is 22.4 Å². The molecule has 158 valence electrons. The fraction of sp³-hybridized carbons (Fsp3) is 0.0800. The van der Waals surface area contributed by atoms with E-state index in [2.05, 4.69) is 4.98 Å². The number of benzene rings is 1. The Labute approximate surface area is 187 Å². The van der Waals surface area contributed by atoms with Gasteiger partial charge in [-0.2, -0.15) is 5.10 Å². The second-order valence-electron chi connectivity index (χ2n) is 7.29. The summed E-state index contributed by atoms with van der Waals surface area (Å²) >= 11 is 1.37. The molecule has 5 rings (SSSR count). The number of nitrogens with zero attached hydrogens (tertiary/aromatic N) is 3. The van der Waals surface area contributed by atoms with Crippen LogP contribution in [0.3, 0.4) is 0 Å². The van der Waals surface area contributed by atoms with Crippen molar-refractivity contribution in [1.82, 2.24) is 14.6 Å². The van der Waals surface area contributed by atoms with Gasteiger partial charge in [0.2, 0.25) is 0 Å². The summed E-state index contributed by atoms with van der Waals surface area (Å²) in [5.74, 6) is -0.658. The normalized spacial score (nSPS) is 11.1. The molecule has 0 saturated heterocycles. The third-order valence-corrected chi connectivity index (χ3v) is 6.22. The predicted molar refractivity (Wildman–Crippen MR) is 122 cm³/mol. The summed E-state index contributed by atoms with van der Waals surface area (Å²) in [6.45, 7) is 1.96. The predicted octanol–water partition coefficient (Wildman–Crippen LogP) is 5.93. The number of halogens is 1. The van der Waals surface area contributed by atoms with Crippen LogP contribution in [0.15, 0.2) is 78.4 Å². The Hall–Kier alpha value is -3.84. The molecule has 0 radical (unpaired) electrons. The molecule has 1 aromatic carbocycles. The van der Waals surface area contributed by atoms with Gasteiger partial charge in [0.15, 0.2) is 0 Å². The molecule has 5 nitrogen and oxygen atoms in total. The first-order valence-electron chi connectivity index (χ1n) is 10.00. The van der Waals surface area contributed by atoms with Gasteiger partial charge in [-0.3, -0.25) is 4.98 Å². The van der Waals surface area contributed by atoms with Gasteiger partial charge >= 0.3 is 5.97 Å². The Kier molecular flexibility index (Phi) is 5.25. The summed E-state index contributed by atoms with van der Waals surface area (Å²) in [5.41, 5.74) is 5.84. The number of rotatable bonds is 5. The van der Waals surface area contributed by atoms with Gasteiger partial charge in [0.05, 0.1) is 11.2 Å². The van der Waals surface area contributed by atoms with Gasteiger partial charge in [0.25, 0.3) is 0 Å². The molecule has 4 heterocycles. The number of carbonyl (C=O) groups is 1. The Morgan fingerprint density at radius 1 is 1.03 bits per heavy atom. The highest BCUT2D eigenvalue weighted by Crippen LogP contribution is 2.35. The molecule has 0 saturated carbocycles. The summed E-state index contributed by atoms with van der Waals surface area (Å²) in [5, 5.41) is 6.70. The third kappa shape index (κ3) is 3.67. The summed E-state index contributed by atoms with van der Waals surface area (Å²) in [4.78, 5) is 17.2. The number of esters is 1. The highest BCUT2D eigenvalue weighted by molar-refractivity contribution is 7.12. The number of carbonyl (C=O) groups excluding carboxylic acids is 1. The second kappa shape index (κ2) is 8.36. The summed E-state index contributed by atoms with van der Waals surface area (Å²) in [7, 11) is 0. The molecule has 0 amide bonds. The van der Waals surface area contributed by atoms with Crippen molar-refractivity contribution in [3.05, 3.63) is 100 Å². The monoisotopic (exact) mass is 443 g/mol. The van der Waals surface area contributed by atoms with Crippen LogP contribution in [0.25, 0.3) is 27.9 Å². The molecule has 0 aliphatic heterocycles. The highest BCUT2D eigenvalue weighted by atomic mass is 32.1. The van der Waals surface area contributed by atoms with Gasteiger partial charge in [0, 0.05) is 23.5 Å². The minimum absolute atomic E-state index is 0.0772. The van der Waals surface area contributed by atoms with Gasteiger partial charge in [-0.15, -0.1) is 11.3 Å². The van der Waals surface area contributed by atoms with Crippen molar-refractivity contribution >= 4 is 22.8 Å². The van der Waals surface area contributed by atoms with E-state index in [0.29, 0.717) is 10.6 Å². The minimum Gasteiger partial charge on any atom is -0.455 e. The molecule has 0 fully saturated rings. The van der Waals surface area contributed by atoms with E-state index in [1.807, 2.05) is 48.7 Å². The fourth-order valence-corrected chi connectivity index (χ4v) is 4.45. The van der Waals surface area contributed by atoms with Gasteiger partial charge in [-0.1, -0.05) is 6.07 Å². The lowest BCUT2D eigenvalue weighted by molar-refractivity contribution is 0.0470. The van der Waals surface area contributed by atoms with E-state index < -0.39 is 0 Å². The Balaban J connectivity index is 1.60. The molecule has 7 heteroatoms. The Morgan fingerprint density at radius 3 is 2.53 bits per heavy atom. The van der Waals surface area contributed by atoms with E-state index in [1.165, 1.54) is 23.5 Å². The van der Waals surface area contributed by atoms with Crippen LogP contribution in [0.2, 0.25) is 0 Å². The molecule has 0 aliphatic carbocycles. The zero-order valence-corrected chi connectivity index (χ0v) is 18.0. The van der Waals surface area contributed by atoms with Crippen LogP contribution in [0, 0.1) is 12.7 Å². The molecule has 32 heavy (non-hydrogen) atoms. The topological polar surface area (TPSA) is 56.5 Å². The van der Waals surface area contributed by atoms with Gasteiger partial charge in [-0.05, 0) is 78.0 Å². The molecule has 0 aliphatic rings. The number of aryl methyl sites for hydroxylation is 1. The van der Waals surface area contributed by atoms with E-state index in [-0.39, 0.29) is 18.4 Å². The van der Waals surface area contributed by atoms with E-state index in [1.54, 1.807) is 29.0 Å². The SMILES string of the molecule is Cc1ccsc1C(=O)OCc1cccc2c(-c3ccncc3)c(-c3ccc(F)cc3)nn12. The molecule has 0 N–H and O–H groups in total. The maximum atomic E-state index is 13.5. The smallest absolute Gasteiger partial charge is 0.348 e. The van der Waals surface area contributed by atoms with E-state index in [9.17, 15) is 9.18 Å². The number of fused-ring (bicyclic) bond motifs is 1. The van der Waals surface area contributed by atoms with E-state index in [0.717, 1.165) is 33.5 Å². The first kappa shape index (κ1) is 20.1. The highest BCUT2D eigenvalue weighted by Gasteiger charge is 2.19. The second-order valence-corrected chi connectivity index (χ2v) is 8.21. The molecule has 0 spiro atoms. The van der Waals surface area contributed by atoms with Crippen molar-refractivity contribution in [2.75, 3.05) is 0 Å². The molecule has 0 bridgehead atoms. The fourth-order valence-electron chi connectivity index (χ4n) is 3.63. The lowest BCUT2D eigenvalue weighted by Gasteiger charge is -2.07. The lowest BCUT2D eigenvalue weighted by atomic mass is 10.0. The van der Waals surface area contributed by atoms with Crippen LogP contribution in [0.4, 0.5) is 4.39 Å². The van der Waals surface area contributed by atoms with Crippen molar-refractivity contribution in [1.29, 1.82) is 0 Å². The maximum absolute atomic E-state index is 13.5. The van der Waals surface area contributed by atoms with Crippen LogP contribution in [-0.2, 0) is 11.3 Å². The first-order chi connectivity index (χ1) is 15.6. The largest absolute Gasteiger partial charge is 0.455 e. The number of hydrogen-bond donors (Lipinski definition) is 0. The van der Waals surface area contributed by atoms with E-state index in [4.69, 9.17) is 9.84 Å². The van der Waals surface area contributed by atoms with Crippen molar-refractivity contribution in [3.63, 3.8) is 0 Å². The minimum atomic E-state index is -0.352. The molecule has 5 aromatic rings. The molecular weight excluding hydrogens is 425 g/mol. The third-order valence-electron chi connectivity index (χ3n) is 5.22. The Morgan fingerprint density at radius 2 is 1.81 bits per heavy atom. The van der Waals surface area contributed by atoms with Crippen LogP contribution < -0.4 is 0 Å². The number of ether oxygens (including phenoxy) is 1. The zero-order valence-electron chi connectivity index (χ0n) is 17.2.